The second-order valence-corrected chi connectivity index (χ2v) is 2.66. The van der Waals surface area contributed by atoms with Crippen molar-refractivity contribution >= 4 is 0 Å². The van der Waals surface area contributed by atoms with Crippen molar-refractivity contribution in [1.29, 1.82) is 0 Å². The largest absolute Gasteiger partial charge is 0.390 e. The van der Waals surface area contributed by atoms with Crippen LogP contribution in [0.25, 0.3) is 0 Å². The summed E-state index contributed by atoms with van der Waals surface area (Å²) in [5.74, 6) is 0.145. The number of hydrogen-bond acceptors (Lipinski definition) is 3. The van der Waals surface area contributed by atoms with Crippen molar-refractivity contribution in [2.75, 3.05) is 26.9 Å². The van der Waals surface area contributed by atoms with Crippen LogP contribution in [0.2, 0.25) is 0 Å². The van der Waals surface area contributed by atoms with Crippen molar-refractivity contribution in [3.8, 4) is 0 Å². The van der Waals surface area contributed by atoms with Gasteiger partial charge in [-0.3, -0.25) is 0 Å². The first kappa shape index (κ1) is 10.9. The predicted octanol–water partition coefficient (Wildman–Crippen LogP) is 0.666. The van der Waals surface area contributed by atoms with Gasteiger partial charge in [0.1, 0.15) is 0 Å². The van der Waals surface area contributed by atoms with Crippen LogP contribution in [0.1, 0.15) is 13.8 Å². The van der Waals surface area contributed by atoms with Crippen molar-refractivity contribution in [3.63, 3.8) is 0 Å². The molecule has 0 bridgehead atoms. The zero-order chi connectivity index (χ0) is 8.69. The standard InChI is InChI=1S/C8H18O3/c1-4-11-6-8(9)7(2)5-10-3/h7-9H,4-6H2,1-3H3. The van der Waals surface area contributed by atoms with Gasteiger partial charge >= 0.3 is 0 Å². The Bertz CT molecular complexity index is 85.4. The average molecular weight is 162 g/mol. The molecule has 0 rings (SSSR count). The highest BCUT2D eigenvalue weighted by Crippen LogP contribution is 2.03. The van der Waals surface area contributed by atoms with Crippen LogP contribution in [0, 0.1) is 5.92 Å². The van der Waals surface area contributed by atoms with E-state index in [2.05, 4.69) is 0 Å². The zero-order valence-corrected chi connectivity index (χ0v) is 7.54. The second-order valence-electron chi connectivity index (χ2n) is 2.66. The third-order valence-corrected chi connectivity index (χ3v) is 1.58. The summed E-state index contributed by atoms with van der Waals surface area (Å²) in [7, 11) is 1.63. The molecule has 0 aromatic carbocycles. The molecule has 0 aliphatic rings. The maximum Gasteiger partial charge on any atom is 0.0821 e. The van der Waals surface area contributed by atoms with Gasteiger partial charge in [0.15, 0.2) is 0 Å². The van der Waals surface area contributed by atoms with Crippen molar-refractivity contribution in [2.24, 2.45) is 5.92 Å². The summed E-state index contributed by atoms with van der Waals surface area (Å²) in [4.78, 5) is 0. The highest BCUT2D eigenvalue weighted by atomic mass is 16.5. The molecule has 3 heteroatoms. The Morgan fingerprint density at radius 1 is 1.36 bits per heavy atom. The summed E-state index contributed by atoms with van der Waals surface area (Å²) in [6, 6.07) is 0. The first-order valence-corrected chi connectivity index (χ1v) is 3.97. The lowest BCUT2D eigenvalue weighted by Gasteiger charge is -2.17. The van der Waals surface area contributed by atoms with Crippen molar-refractivity contribution in [1.82, 2.24) is 0 Å². The molecule has 0 fully saturated rings. The Kier molecular flexibility index (Phi) is 6.51. The molecule has 2 atom stereocenters. The molecule has 2 unspecified atom stereocenters. The van der Waals surface area contributed by atoms with Gasteiger partial charge in [0.05, 0.1) is 19.3 Å². The number of rotatable bonds is 6. The molecule has 3 nitrogen and oxygen atoms in total. The van der Waals surface area contributed by atoms with Crippen LogP contribution >= 0.6 is 0 Å². The number of hydrogen-bond donors (Lipinski definition) is 1. The van der Waals surface area contributed by atoms with Crippen molar-refractivity contribution in [2.45, 2.75) is 20.0 Å². The highest BCUT2D eigenvalue weighted by Gasteiger charge is 2.13. The van der Waals surface area contributed by atoms with E-state index in [0.29, 0.717) is 19.8 Å². The fourth-order valence-electron chi connectivity index (χ4n) is 0.777. The fourth-order valence-corrected chi connectivity index (χ4v) is 0.777. The Hall–Kier alpha value is -0.120. The van der Waals surface area contributed by atoms with Crippen LogP contribution in [-0.4, -0.2) is 38.1 Å². The highest BCUT2D eigenvalue weighted by molar-refractivity contribution is 4.62. The number of methoxy groups -OCH3 is 1. The first-order valence-electron chi connectivity index (χ1n) is 3.97. The Morgan fingerprint density at radius 3 is 2.45 bits per heavy atom. The van der Waals surface area contributed by atoms with Crippen LogP contribution in [0.15, 0.2) is 0 Å². The van der Waals surface area contributed by atoms with Crippen molar-refractivity contribution in [3.05, 3.63) is 0 Å². The summed E-state index contributed by atoms with van der Waals surface area (Å²) in [6.07, 6.45) is -0.408. The van der Waals surface area contributed by atoms with E-state index < -0.39 is 6.10 Å². The molecule has 0 saturated heterocycles. The molecule has 0 aromatic heterocycles. The lowest BCUT2D eigenvalue weighted by atomic mass is 10.1. The molecule has 0 aliphatic heterocycles. The van der Waals surface area contributed by atoms with Crippen LogP contribution < -0.4 is 0 Å². The Morgan fingerprint density at radius 2 is 2.00 bits per heavy atom. The van der Waals surface area contributed by atoms with Gasteiger partial charge < -0.3 is 14.6 Å². The first-order chi connectivity index (χ1) is 5.22. The third kappa shape index (κ3) is 5.18. The summed E-state index contributed by atoms with van der Waals surface area (Å²) in [5, 5.41) is 9.37. The lowest BCUT2D eigenvalue weighted by Crippen LogP contribution is -2.26. The summed E-state index contributed by atoms with van der Waals surface area (Å²) < 4.78 is 9.95. The average Bonchev–Trinajstić information content (AvgIpc) is 2.00. The van der Waals surface area contributed by atoms with E-state index in [9.17, 15) is 5.11 Å². The SMILES string of the molecule is CCOCC(O)C(C)COC. The quantitative estimate of drug-likeness (QED) is 0.623. The van der Waals surface area contributed by atoms with Gasteiger partial charge in [-0.1, -0.05) is 6.92 Å². The molecule has 0 radical (unpaired) electrons. The molecule has 11 heavy (non-hydrogen) atoms. The molecule has 0 heterocycles. The molecular weight excluding hydrogens is 144 g/mol. The van der Waals surface area contributed by atoms with E-state index in [1.54, 1.807) is 7.11 Å². The third-order valence-electron chi connectivity index (χ3n) is 1.58. The Labute approximate surface area is 68.3 Å². The van der Waals surface area contributed by atoms with Crippen LogP contribution in [0.3, 0.4) is 0 Å². The minimum absolute atomic E-state index is 0.145. The fraction of sp³-hybridized carbons (Fsp3) is 1.00. The van der Waals surface area contributed by atoms with Gasteiger partial charge in [-0.2, -0.15) is 0 Å². The van der Waals surface area contributed by atoms with Gasteiger partial charge in [-0.25, -0.2) is 0 Å². The van der Waals surface area contributed by atoms with E-state index in [0.717, 1.165) is 0 Å². The van der Waals surface area contributed by atoms with E-state index in [-0.39, 0.29) is 5.92 Å². The van der Waals surface area contributed by atoms with E-state index >= 15 is 0 Å². The molecule has 0 saturated carbocycles. The van der Waals surface area contributed by atoms with E-state index in [1.807, 2.05) is 13.8 Å². The molecule has 0 spiro atoms. The van der Waals surface area contributed by atoms with Crippen LogP contribution in [0.4, 0.5) is 0 Å². The Balaban J connectivity index is 3.38. The maximum atomic E-state index is 9.37. The molecule has 0 amide bonds. The molecular formula is C8H18O3. The monoisotopic (exact) mass is 162 g/mol. The lowest BCUT2D eigenvalue weighted by molar-refractivity contribution is -0.00826. The van der Waals surface area contributed by atoms with Gasteiger partial charge in [0.2, 0.25) is 0 Å². The van der Waals surface area contributed by atoms with Crippen LogP contribution in [0.5, 0.6) is 0 Å². The molecule has 68 valence electrons. The van der Waals surface area contributed by atoms with E-state index in [4.69, 9.17) is 9.47 Å². The topological polar surface area (TPSA) is 38.7 Å². The summed E-state index contributed by atoms with van der Waals surface area (Å²) in [6.45, 7) is 5.48. The van der Waals surface area contributed by atoms with Gasteiger partial charge in [0, 0.05) is 19.6 Å². The number of aliphatic hydroxyl groups excluding tert-OH is 1. The molecule has 1 N–H and O–H groups in total. The van der Waals surface area contributed by atoms with Crippen LogP contribution in [-0.2, 0) is 9.47 Å². The predicted molar refractivity (Wildman–Crippen MR) is 43.5 cm³/mol. The van der Waals surface area contributed by atoms with Gasteiger partial charge in [0.25, 0.3) is 0 Å². The summed E-state index contributed by atoms with van der Waals surface area (Å²) in [5.41, 5.74) is 0. The molecule has 0 aliphatic carbocycles. The number of ether oxygens (including phenoxy) is 2. The normalized spacial score (nSPS) is 16.4. The van der Waals surface area contributed by atoms with Crippen molar-refractivity contribution < 1.29 is 14.6 Å². The number of aliphatic hydroxyl groups is 1. The zero-order valence-electron chi connectivity index (χ0n) is 7.54. The molecule has 0 aromatic rings. The second kappa shape index (κ2) is 6.58. The maximum absolute atomic E-state index is 9.37. The minimum Gasteiger partial charge on any atom is -0.390 e. The summed E-state index contributed by atoms with van der Waals surface area (Å²) >= 11 is 0. The van der Waals surface area contributed by atoms with Gasteiger partial charge in [-0.15, -0.1) is 0 Å². The minimum atomic E-state index is -0.408. The smallest absolute Gasteiger partial charge is 0.0821 e. The van der Waals surface area contributed by atoms with E-state index in [1.165, 1.54) is 0 Å². The van der Waals surface area contributed by atoms with Gasteiger partial charge in [-0.05, 0) is 6.92 Å².